The Morgan fingerprint density at radius 2 is 2.05 bits per heavy atom. The number of amides is 1. The van der Waals surface area contributed by atoms with Gasteiger partial charge >= 0.3 is 0 Å². The summed E-state index contributed by atoms with van der Waals surface area (Å²) in [6.45, 7) is 0.767. The maximum atomic E-state index is 12.5. The van der Waals surface area contributed by atoms with E-state index in [1.54, 1.807) is 12.4 Å². The first-order valence-corrected chi connectivity index (χ1v) is 7.52. The normalized spacial score (nSPS) is 30.4. The van der Waals surface area contributed by atoms with Crippen molar-refractivity contribution in [1.82, 2.24) is 14.9 Å². The molecule has 0 spiro atoms. The van der Waals surface area contributed by atoms with Crippen LogP contribution in [0.2, 0.25) is 0 Å². The third-order valence-corrected chi connectivity index (χ3v) is 4.62. The van der Waals surface area contributed by atoms with Crippen LogP contribution in [0.4, 0.5) is 0 Å². The predicted molar refractivity (Wildman–Crippen MR) is 74.1 cm³/mol. The number of likely N-dealkylation sites (tertiary alicyclic amines) is 1. The van der Waals surface area contributed by atoms with Gasteiger partial charge in [-0.2, -0.15) is 0 Å². The lowest BCUT2D eigenvalue weighted by atomic mass is 9.80. The van der Waals surface area contributed by atoms with Gasteiger partial charge in [-0.05, 0) is 25.7 Å². The van der Waals surface area contributed by atoms with Crippen LogP contribution >= 0.6 is 0 Å². The van der Waals surface area contributed by atoms with Crippen molar-refractivity contribution in [2.75, 3.05) is 6.54 Å². The number of rotatable bonds is 2. The Kier molecular flexibility index (Phi) is 3.96. The van der Waals surface area contributed by atoms with Gasteiger partial charge in [-0.15, -0.1) is 0 Å². The minimum absolute atomic E-state index is 0.0432. The van der Waals surface area contributed by atoms with E-state index < -0.39 is 0 Å². The summed E-state index contributed by atoms with van der Waals surface area (Å²) < 4.78 is 0. The fourth-order valence-corrected chi connectivity index (χ4v) is 3.64. The van der Waals surface area contributed by atoms with Crippen LogP contribution in [0.3, 0.4) is 0 Å². The zero-order valence-electron chi connectivity index (χ0n) is 11.6. The second-order valence-corrected chi connectivity index (χ2v) is 5.81. The van der Waals surface area contributed by atoms with Gasteiger partial charge in [0.15, 0.2) is 0 Å². The fraction of sp³-hybridized carbons (Fsp3) is 0.667. The molecule has 3 atom stereocenters. The summed E-state index contributed by atoms with van der Waals surface area (Å²) in [5.74, 6) is 0.185. The number of aliphatic hydroxyl groups is 1. The first-order chi connectivity index (χ1) is 9.77. The molecule has 1 aromatic rings. The summed E-state index contributed by atoms with van der Waals surface area (Å²) in [7, 11) is 0. The summed E-state index contributed by atoms with van der Waals surface area (Å²) >= 11 is 0. The molecule has 3 unspecified atom stereocenters. The molecule has 1 aliphatic carbocycles. The van der Waals surface area contributed by atoms with Gasteiger partial charge in [0.2, 0.25) is 0 Å². The molecule has 1 aliphatic heterocycles. The maximum absolute atomic E-state index is 12.5. The number of nitrogens with zero attached hydrogens (tertiary/aromatic N) is 3. The summed E-state index contributed by atoms with van der Waals surface area (Å²) in [4.78, 5) is 22.5. The van der Waals surface area contributed by atoms with E-state index in [1.165, 1.54) is 6.20 Å². The summed E-state index contributed by atoms with van der Waals surface area (Å²) in [5.41, 5.74) is 0.407. The van der Waals surface area contributed by atoms with Gasteiger partial charge in [-0.25, -0.2) is 4.98 Å². The molecule has 5 heteroatoms. The zero-order valence-corrected chi connectivity index (χ0v) is 11.6. The second-order valence-electron chi connectivity index (χ2n) is 5.81. The Morgan fingerprint density at radius 1 is 1.20 bits per heavy atom. The van der Waals surface area contributed by atoms with Gasteiger partial charge in [-0.3, -0.25) is 9.78 Å². The van der Waals surface area contributed by atoms with E-state index in [0.717, 1.165) is 45.1 Å². The first kappa shape index (κ1) is 13.5. The highest BCUT2D eigenvalue weighted by molar-refractivity contribution is 5.92. The number of aromatic nitrogens is 2. The topological polar surface area (TPSA) is 66.3 Å². The van der Waals surface area contributed by atoms with Crippen molar-refractivity contribution in [3.63, 3.8) is 0 Å². The van der Waals surface area contributed by atoms with Gasteiger partial charge < -0.3 is 10.0 Å². The SMILES string of the molecule is O=C(c1cnccn1)N1CCCC1C1CCCCC1O. The average Bonchev–Trinajstić information content (AvgIpc) is 2.97. The first-order valence-electron chi connectivity index (χ1n) is 7.52. The molecule has 2 aliphatic rings. The van der Waals surface area contributed by atoms with Gasteiger partial charge in [0.1, 0.15) is 5.69 Å². The molecular formula is C15H21N3O2. The van der Waals surface area contributed by atoms with Crippen LogP contribution in [-0.2, 0) is 0 Å². The third-order valence-electron chi connectivity index (χ3n) is 4.62. The Morgan fingerprint density at radius 3 is 2.80 bits per heavy atom. The highest BCUT2D eigenvalue weighted by atomic mass is 16.3. The Labute approximate surface area is 119 Å². The molecule has 0 bridgehead atoms. The van der Waals surface area contributed by atoms with Crippen LogP contribution < -0.4 is 0 Å². The predicted octanol–water partition coefficient (Wildman–Crippen LogP) is 1.63. The van der Waals surface area contributed by atoms with E-state index in [-0.39, 0.29) is 24.0 Å². The highest BCUT2D eigenvalue weighted by Crippen LogP contribution is 2.35. The monoisotopic (exact) mass is 275 g/mol. The van der Waals surface area contributed by atoms with Crippen molar-refractivity contribution in [3.05, 3.63) is 24.3 Å². The second kappa shape index (κ2) is 5.87. The number of carbonyl (C=O) groups is 1. The number of aliphatic hydroxyl groups excluding tert-OH is 1. The van der Waals surface area contributed by atoms with E-state index in [0.29, 0.717) is 5.69 Å². The van der Waals surface area contributed by atoms with E-state index in [1.807, 2.05) is 4.90 Å². The third kappa shape index (κ3) is 2.54. The fourth-order valence-electron chi connectivity index (χ4n) is 3.64. The molecule has 1 amide bonds. The minimum Gasteiger partial charge on any atom is -0.393 e. The minimum atomic E-state index is -0.260. The van der Waals surface area contributed by atoms with Gasteiger partial charge in [0.25, 0.3) is 5.91 Å². The van der Waals surface area contributed by atoms with Crippen LogP contribution in [0.15, 0.2) is 18.6 Å². The molecule has 5 nitrogen and oxygen atoms in total. The van der Waals surface area contributed by atoms with E-state index in [4.69, 9.17) is 0 Å². The van der Waals surface area contributed by atoms with Crippen molar-refractivity contribution in [2.24, 2.45) is 5.92 Å². The maximum Gasteiger partial charge on any atom is 0.274 e. The summed E-state index contributed by atoms with van der Waals surface area (Å²) in [6, 6.07) is 0.166. The molecule has 1 saturated carbocycles. The van der Waals surface area contributed by atoms with Crippen LogP contribution in [0.5, 0.6) is 0 Å². The van der Waals surface area contributed by atoms with Crippen LogP contribution in [0, 0.1) is 5.92 Å². The number of carbonyl (C=O) groups excluding carboxylic acids is 1. The Hall–Kier alpha value is -1.49. The Bertz CT molecular complexity index is 465. The molecule has 2 heterocycles. The van der Waals surface area contributed by atoms with Gasteiger partial charge in [-0.1, -0.05) is 12.8 Å². The Balaban J connectivity index is 1.77. The smallest absolute Gasteiger partial charge is 0.274 e. The quantitative estimate of drug-likeness (QED) is 0.891. The highest BCUT2D eigenvalue weighted by Gasteiger charge is 2.39. The summed E-state index contributed by atoms with van der Waals surface area (Å²) in [6.07, 6.45) is 10.5. The molecule has 1 N–H and O–H groups in total. The van der Waals surface area contributed by atoms with Crippen LogP contribution in [-0.4, -0.2) is 44.6 Å². The van der Waals surface area contributed by atoms with E-state index >= 15 is 0 Å². The molecule has 1 aromatic heterocycles. The molecule has 3 rings (SSSR count). The van der Waals surface area contributed by atoms with Gasteiger partial charge in [0.05, 0.1) is 12.3 Å². The lowest BCUT2D eigenvalue weighted by Crippen LogP contribution is -2.45. The van der Waals surface area contributed by atoms with Crippen LogP contribution in [0.25, 0.3) is 0 Å². The van der Waals surface area contributed by atoms with Crippen molar-refractivity contribution in [1.29, 1.82) is 0 Å². The van der Waals surface area contributed by atoms with Gasteiger partial charge in [0, 0.05) is 30.9 Å². The molecule has 2 fully saturated rings. The zero-order chi connectivity index (χ0) is 13.9. The molecule has 0 radical (unpaired) electrons. The standard InChI is InChI=1S/C15H21N3O2/c19-14-6-2-1-4-11(14)13-5-3-9-18(13)15(20)12-10-16-7-8-17-12/h7-8,10-11,13-14,19H,1-6,9H2. The van der Waals surface area contributed by atoms with Crippen molar-refractivity contribution >= 4 is 5.91 Å². The van der Waals surface area contributed by atoms with Crippen molar-refractivity contribution in [3.8, 4) is 0 Å². The van der Waals surface area contributed by atoms with Crippen molar-refractivity contribution in [2.45, 2.75) is 50.7 Å². The summed E-state index contributed by atoms with van der Waals surface area (Å²) in [5, 5.41) is 10.2. The molecule has 1 saturated heterocycles. The average molecular weight is 275 g/mol. The molecule has 108 valence electrons. The van der Waals surface area contributed by atoms with Crippen molar-refractivity contribution < 1.29 is 9.90 Å². The van der Waals surface area contributed by atoms with E-state index in [2.05, 4.69) is 9.97 Å². The molecule has 0 aromatic carbocycles. The number of hydrogen-bond donors (Lipinski definition) is 1. The molecule has 20 heavy (non-hydrogen) atoms. The lowest BCUT2D eigenvalue weighted by molar-refractivity contribution is 0.0209. The van der Waals surface area contributed by atoms with Crippen LogP contribution in [0.1, 0.15) is 49.0 Å². The number of hydrogen-bond acceptors (Lipinski definition) is 4. The largest absolute Gasteiger partial charge is 0.393 e. The van der Waals surface area contributed by atoms with E-state index in [9.17, 15) is 9.90 Å². The lowest BCUT2D eigenvalue weighted by Gasteiger charge is -2.37. The molecular weight excluding hydrogens is 254 g/mol.